The predicted octanol–water partition coefficient (Wildman–Crippen LogP) is 4.27. The van der Waals surface area contributed by atoms with Crippen LogP contribution in [-0.2, 0) is 6.54 Å². The molecule has 1 aromatic heterocycles. The number of hydrogen-bond acceptors (Lipinski definition) is 2. The largest absolute Gasteiger partial charge is 0.322 e. The third-order valence-electron chi connectivity index (χ3n) is 4.50. The number of nitrogens with two attached hydrogens (primary N) is 1. The summed E-state index contributed by atoms with van der Waals surface area (Å²) in [5.74, 6) is 0.695. The Kier molecular flexibility index (Phi) is 4.72. The first-order valence-corrected chi connectivity index (χ1v) is 8.26. The molecule has 0 aliphatic heterocycles. The Balaban J connectivity index is 2.33. The van der Waals surface area contributed by atoms with Gasteiger partial charge in [0.25, 0.3) is 0 Å². The summed E-state index contributed by atoms with van der Waals surface area (Å²) < 4.78 is 3.12. The smallest absolute Gasteiger partial charge is 0.0699 e. The average molecular weight is 328 g/mol. The van der Waals surface area contributed by atoms with Crippen molar-refractivity contribution in [3.05, 3.63) is 16.4 Å². The van der Waals surface area contributed by atoms with Gasteiger partial charge in [0.1, 0.15) is 0 Å². The molecule has 0 aromatic carbocycles. The van der Waals surface area contributed by atoms with Crippen LogP contribution in [0.25, 0.3) is 0 Å². The molecule has 2 N–H and O–H groups in total. The summed E-state index contributed by atoms with van der Waals surface area (Å²) in [5.41, 5.74) is 8.17. The molecule has 1 saturated carbocycles. The lowest BCUT2D eigenvalue weighted by Gasteiger charge is -2.37. The van der Waals surface area contributed by atoms with E-state index < -0.39 is 0 Å². The van der Waals surface area contributed by atoms with E-state index in [1.807, 2.05) is 6.20 Å². The van der Waals surface area contributed by atoms with Gasteiger partial charge in [-0.2, -0.15) is 5.10 Å². The van der Waals surface area contributed by atoms with Gasteiger partial charge in [-0.05, 0) is 53.4 Å². The van der Waals surface area contributed by atoms with Crippen molar-refractivity contribution >= 4 is 15.9 Å². The van der Waals surface area contributed by atoms with Crippen molar-refractivity contribution in [2.24, 2.45) is 17.1 Å². The van der Waals surface area contributed by atoms with E-state index >= 15 is 0 Å². The van der Waals surface area contributed by atoms with Gasteiger partial charge >= 0.3 is 0 Å². The molecule has 0 amide bonds. The van der Waals surface area contributed by atoms with E-state index in [9.17, 15) is 0 Å². The highest BCUT2D eigenvalue weighted by atomic mass is 79.9. The average Bonchev–Trinajstić information content (AvgIpc) is 2.95. The maximum Gasteiger partial charge on any atom is 0.0699 e. The summed E-state index contributed by atoms with van der Waals surface area (Å²) in [6, 6.07) is 0.0919. The van der Waals surface area contributed by atoms with Gasteiger partial charge in [0.05, 0.1) is 22.4 Å². The Bertz CT molecular complexity index is 419. The van der Waals surface area contributed by atoms with Crippen LogP contribution in [0, 0.1) is 11.3 Å². The summed E-state index contributed by atoms with van der Waals surface area (Å²) in [5, 5.41) is 4.43. The minimum absolute atomic E-state index is 0.0919. The Labute approximate surface area is 125 Å². The first kappa shape index (κ1) is 15.0. The van der Waals surface area contributed by atoms with Gasteiger partial charge in [-0.25, -0.2) is 0 Å². The van der Waals surface area contributed by atoms with Crippen LogP contribution < -0.4 is 5.73 Å². The van der Waals surface area contributed by atoms with E-state index in [-0.39, 0.29) is 11.5 Å². The molecule has 2 rings (SSSR count). The van der Waals surface area contributed by atoms with E-state index in [1.54, 1.807) is 0 Å². The third-order valence-corrected chi connectivity index (χ3v) is 5.11. The fourth-order valence-corrected chi connectivity index (χ4v) is 4.30. The maximum atomic E-state index is 6.71. The molecule has 0 bridgehead atoms. The number of halogens is 1. The minimum Gasteiger partial charge on any atom is -0.322 e. The van der Waals surface area contributed by atoms with Crippen LogP contribution in [0.3, 0.4) is 0 Å². The highest BCUT2D eigenvalue weighted by Gasteiger charge is 2.42. The first-order valence-electron chi connectivity index (χ1n) is 7.47. The van der Waals surface area contributed by atoms with Crippen molar-refractivity contribution < 1.29 is 0 Å². The maximum absolute atomic E-state index is 6.71. The number of nitrogens with zero attached hydrogens (tertiary/aromatic N) is 2. The van der Waals surface area contributed by atoms with Gasteiger partial charge in [0.2, 0.25) is 0 Å². The van der Waals surface area contributed by atoms with Gasteiger partial charge < -0.3 is 5.73 Å². The summed E-state index contributed by atoms with van der Waals surface area (Å²) in [7, 11) is 0. The van der Waals surface area contributed by atoms with Crippen molar-refractivity contribution in [1.29, 1.82) is 0 Å². The zero-order valence-electron chi connectivity index (χ0n) is 12.3. The molecular weight excluding hydrogens is 302 g/mol. The highest BCUT2D eigenvalue weighted by Crippen LogP contribution is 2.51. The fraction of sp³-hybridized carbons (Fsp3) is 0.800. The Morgan fingerprint density at radius 1 is 1.42 bits per heavy atom. The summed E-state index contributed by atoms with van der Waals surface area (Å²) in [4.78, 5) is 0. The molecule has 1 atom stereocenters. The van der Waals surface area contributed by atoms with Gasteiger partial charge in [-0.1, -0.05) is 26.7 Å². The van der Waals surface area contributed by atoms with Crippen LogP contribution in [0.1, 0.15) is 64.6 Å². The van der Waals surface area contributed by atoms with Gasteiger partial charge in [0.15, 0.2) is 0 Å². The topological polar surface area (TPSA) is 43.8 Å². The SMILES string of the molecule is CCn1ncc(Br)c1C(N)C1(CC(C)C)CCCC1. The monoisotopic (exact) mass is 327 g/mol. The molecule has 4 heteroatoms. The lowest BCUT2D eigenvalue weighted by atomic mass is 9.72. The normalized spacial score (nSPS) is 20.1. The zero-order valence-corrected chi connectivity index (χ0v) is 13.9. The molecule has 0 saturated heterocycles. The van der Waals surface area contributed by atoms with E-state index in [4.69, 9.17) is 5.73 Å². The number of aryl methyl sites for hydroxylation is 1. The van der Waals surface area contributed by atoms with E-state index in [2.05, 4.69) is 46.5 Å². The number of rotatable bonds is 5. The number of hydrogen-bond donors (Lipinski definition) is 1. The van der Waals surface area contributed by atoms with Crippen LogP contribution in [0.5, 0.6) is 0 Å². The predicted molar refractivity (Wildman–Crippen MR) is 82.9 cm³/mol. The van der Waals surface area contributed by atoms with Crippen molar-refractivity contribution in [2.45, 2.75) is 65.5 Å². The zero-order chi connectivity index (χ0) is 14.0. The molecule has 19 heavy (non-hydrogen) atoms. The molecule has 1 aliphatic carbocycles. The molecule has 3 nitrogen and oxygen atoms in total. The van der Waals surface area contributed by atoms with Crippen LogP contribution in [0.2, 0.25) is 0 Å². The summed E-state index contributed by atoms with van der Waals surface area (Å²) in [6.07, 6.45) is 8.25. The second-order valence-electron chi connectivity index (χ2n) is 6.34. The lowest BCUT2D eigenvalue weighted by molar-refractivity contribution is 0.176. The second kappa shape index (κ2) is 5.96. The van der Waals surface area contributed by atoms with E-state index in [0.717, 1.165) is 11.0 Å². The second-order valence-corrected chi connectivity index (χ2v) is 7.19. The summed E-state index contributed by atoms with van der Waals surface area (Å²) >= 11 is 3.63. The Morgan fingerprint density at radius 2 is 2.05 bits per heavy atom. The molecule has 1 aromatic rings. The van der Waals surface area contributed by atoms with Crippen LogP contribution in [0.15, 0.2) is 10.7 Å². The number of aromatic nitrogens is 2. The van der Waals surface area contributed by atoms with Crippen LogP contribution in [-0.4, -0.2) is 9.78 Å². The first-order chi connectivity index (χ1) is 9.00. The van der Waals surface area contributed by atoms with Crippen LogP contribution >= 0.6 is 15.9 Å². The van der Waals surface area contributed by atoms with Gasteiger partial charge in [-0.3, -0.25) is 4.68 Å². The molecule has 1 aliphatic rings. The molecule has 0 radical (unpaired) electrons. The quantitative estimate of drug-likeness (QED) is 0.877. The minimum atomic E-state index is 0.0919. The van der Waals surface area contributed by atoms with Crippen molar-refractivity contribution in [3.8, 4) is 0 Å². The standard InChI is InChI=1S/C15H26BrN3/c1-4-19-13(12(16)10-18-19)14(17)15(9-11(2)3)7-5-6-8-15/h10-11,14H,4-9,17H2,1-3H3. The lowest BCUT2D eigenvalue weighted by Crippen LogP contribution is -2.35. The van der Waals surface area contributed by atoms with E-state index in [1.165, 1.54) is 37.8 Å². The molecule has 0 spiro atoms. The fourth-order valence-electron chi connectivity index (χ4n) is 3.76. The van der Waals surface area contributed by atoms with Gasteiger partial charge in [-0.15, -0.1) is 0 Å². The van der Waals surface area contributed by atoms with Gasteiger partial charge in [0, 0.05) is 6.54 Å². The Hall–Kier alpha value is -0.350. The molecule has 1 unspecified atom stereocenters. The molecule has 1 heterocycles. The Morgan fingerprint density at radius 3 is 2.58 bits per heavy atom. The van der Waals surface area contributed by atoms with E-state index in [0.29, 0.717) is 5.92 Å². The third kappa shape index (κ3) is 2.89. The van der Waals surface area contributed by atoms with Crippen LogP contribution in [0.4, 0.5) is 0 Å². The molecule has 108 valence electrons. The van der Waals surface area contributed by atoms with Crippen molar-refractivity contribution in [1.82, 2.24) is 9.78 Å². The van der Waals surface area contributed by atoms with Crippen molar-refractivity contribution in [3.63, 3.8) is 0 Å². The summed E-state index contributed by atoms with van der Waals surface area (Å²) in [6.45, 7) is 7.61. The highest BCUT2D eigenvalue weighted by molar-refractivity contribution is 9.10. The molecular formula is C15H26BrN3. The molecule has 1 fully saturated rings. The van der Waals surface area contributed by atoms with Crippen molar-refractivity contribution in [2.75, 3.05) is 0 Å².